The minimum absolute atomic E-state index is 0.848. The summed E-state index contributed by atoms with van der Waals surface area (Å²) in [4.78, 5) is 0. The minimum atomic E-state index is 0.848. The monoisotopic (exact) mass is 260 g/mol. The van der Waals surface area contributed by atoms with E-state index in [4.69, 9.17) is 4.74 Å². The molecule has 0 atom stereocenters. The van der Waals surface area contributed by atoms with E-state index in [1.165, 1.54) is 44.1 Å². The number of unbranched alkanes of at least 4 members (excludes halogenated alkanes) is 4. The van der Waals surface area contributed by atoms with Gasteiger partial charge < -0.3 is 4.74 Å². The summed E-state index contributed by atoms with van der Waals surface area (Å²) >= 11 is 0. The van der Waals surface area contributed by atoms with Gasteiger partial charge in [0.05, 0.1) is 6.61 Å². The van der Waals surface area contributed by atoms with Crippen LogP contribution in [0.5, 0.6) is 5.75 Å². The summed E-state index contributed by atoms with van der Waals surface area (Å²) in [5, 5.41) is 0. The zero-order valence-electron chi connectivity index (χ0n) is 12.5. The maximum absolute atomic E-state index is 5.74. The van der Waals surface area contributed by atoms with Crippen molar-refractivity contribution in [2.24, 2.45) is 0 Å². The second-order valence-corrected chi connectivity index (χ2v) is 5.01. The third kappa shape index (κ3) is 7.71. The Labute approximate surface area is 118 Å². The Kier molecular flexibility index (Phi) is 8.87. The lowest BCUT2D eigenvalue weighted by atomic mass is 10.1. The van der Waals surface area contributed by atoms with Crippen molar-refractivity contribution in [2.75, 3.05) is 6.61 Å². The zero-order chi connectivity index (χ0) is 13.8. The Balaban J connectivity index is 2.19. The average molecular weight is 260 g/mol. The van der Waals surface area contributed by atoms with E-state index in [9.17, 15) is 0 Å². The van der Waals surface area contributed by atoms with Crippen LogP contribution in [0.25, 0.3) is 0 Å². The van der Waals surface area contributed by atoms with Gasteiger partial charge in [-0.2, -0.15) is 0 Å². The smallest absolute Gasteiger partial charge is 0.119 e. The molecule has 1 aromatic rings. The summed E-state index contributed by atoms with van der Waals surface area (Å²) in [6, 6.07) is 8.59. The van der Waals surface area contributed by atoms with E-state index in [-0.39, 0.29) is 0 Å². The lowest BCUT2D eigenvalue weighted by Crippen LogP contribution is -1.97. The van der Waals surface area contributed by atoms with Crippen molar-refractivity contribution in [1.29, 1.82) is 0 Å². The van der Waals surface area contributed by atoms with E-state index in [1.54, 1.807) is 0 Å². The molecule has 1 heteroatoms. The van der Waals surface area contributed by atoms with Crippen molar-refractivity contribution < 1.29 is 4.74 Å². The van der Waals surface area contributed by atoms with Crippen LogP contribution in [0.4, 0.5) is 0 Å². The molecule has 1 rings (SSSR count). The summed E-state index contributed by atoms with van der Waals surface area (Å²) in [7, 11) is 0. The van der Waals surface area contributed by atoms with Gasteiger partial charge in [-0.3, -0.25) is 0 Å². The van der Waals surface area contributed by atoms with Crippen LogP contribution in [0, 0.1) is 0 Å². The van der Waals surface area contributed by atoms with Crippen LogP contribution in [0.15, 0.2) is 36.4 Å². The first kappa shape index (κ1) is 15.8. The fraction of sp³-hybridized carbons (Fsp3) is 0.556. The lowest BCUT2D eigenvalue weighted by molar-refractivity contribution is 0.305. The van der Waals surface area contributed by atoms with Gasteiger partial charge in [-0.25, -0.2) is 0 Å². The number of aryl methyl sites for hydroxylation is 1. The highest BCUT2D eigenvalue weighted by Gasteiger charge is 1.96. The molecule has 0 fully saturated rings. The maximum atomic E-state index is 5.74. The first-order valence-corrected chi connectivity index (χ1v) is 7.69. The molecule has 0 spiro atoms. The first-order chi connectivity index (χ1) is 9.36. The molecule has 0 radical (unpaired) electrons. The Bertz CT molecular complexity index is 337. The van der Waals surface area contributed by atoms with Gasteiger partial charge in [0.25, 0.3) is 0 Å². The fourth-order valence-corrected chi connectivity index (χ4v) is 2.06. The highest BCUT2D eigenvalue weighted by Crippen LogP contribution is 2.14. The summed E-state index contributed by atoms with van der Waals surface area (Å²) in [6.07, 6.45) is 12.9. The number of allylic oxidation sites excluding steroid dienone is 2. The topological polar surface area (TPSA) is 9.23 Å². The third-order valence-electron chi connectivity index (χ3n) is 3.26. The van der Waals surface area contributed by atoms with Crippen molar-refractivity contribution in [3.63, 3.8) is 0 Å². The Morgan fingerprint density at radius 1 is 1.00 bits per heavy atom. The standard InChI is InChI=1S/C18H28O/c1-3-5-7-9-11-17-12-14-18(15-13-17)19-16-10-8-6-4-2/h3,5,12-15H,4,6-11,16H2,1-2H3/b5-3+. The molecule has 0 unspecified atom stereocenters. The predicted molar refractivity (Wildman–Crippen MR) is 83.8 cm³/mol. The highest BCUT2D eigenvalue weighted by atomic mass is 16.5. The molecular formula is C18H28O. The largest absolute Gasteiger partial charge is 0.494 e. The van der Waals surface area contributed by atoms with Crippen molar-refractivity contribution >= 4 is 0 Å². The van der Waals surface area contributed by atoms with Crippen LogP contribution in [-0.4, -0.2) is 6.61 Å². The summed E-state index contributed by atoms with van der Waals surface area (Å²) in [5.41, 5.74) is 1.41. The molecule has 0 saturated carbocycles. The summed E-state index contributed by atoms with van der Waals surface area (Å²) in [5.74, 6) is 1.01. The van der Waals surface area contributed by atoms with Crippen molar-refractivity contribution in [3.8, 4) is 5.75 Å². The molecule has 0 aliphatic heterocycles. The number of hydrogen-bond donors (Lipinski definition) is 0. The van der Waals surface area contributed by atoms with Crippen LogP contribution in [0.3, 0.4) is 0 Å². The Hall–Kier alpha value is -1.24. The zero-order valence-corrected chi connectivity index (χ0v) is 12.5. The van der Waals surface area contributed by atoms with Gasteiger partial charge >= 0.3 is 0 Å². The molecule has 0 aliphatic rings. The second-order valence-electron chi connectivity index (χ2n) is 5.01. The quantitative estimate of drug-likeness (QED) is 0.396. The maximum Gasteiger partial charge on any atom is 0.119 e. The van der Waals surface area contributed by atoms with Crippen molar-refractivity contribution in [2.45, 2.75) is 58.8 Å². The molecule has 0 saturated heterocycles. The molecular weight excluding hydrogens is 232 g/mol. The van der Waals surface area contributed by atoms with Gasteiger partial charge in [0.15, 0.2) is 0 Å². The molecule has 1 aromatic carbocycles. The summed E-state index contributed by atoms with van der Waals surface area (Å²) < 4.78 is 5.74. The van der Waals surface area contributed by atoms with Gasteiger partial charge in [-0.1, -0.05) is 50.5 Å². The molecule has 0 amide bonds. The van der Waals surface area contributed by atoms with Gasteiger partial charge in [0.2, 0.25) is 0 Å². The van der Waals surface area contributed by atoms with E-state index in [2.05, 4.69) is 50.3 Å². The number of ether oxygens (including phenoxy) is 1. The van der Waals surface area contributed by atoms with E-state index < -0.39 is 0 Å². The van der Waals surface area contributed by atoms with Gasteiger partial charge in [0.1, 0.15) is 5.75 Å². The Morgan fingerprint density at radius 2 is 1.79 bits per heavy atom. The highest BCUT2D eigenvalue weighted by molar-refractivity contribution is 5.27. The SMILES string of the molecule is C/C=C/CCCc1ccc(OCCCCCC)cc1. The van der Waals surface area contributed by atoms with Gasteiger partial charge in [-0.05, 0) is 50.3 Å². The minimum Gasteiger partial charge on any atom is -0.494 e. The third-order valence-corrected chi connectivity index (χ3v) is 3.26. The molecule has 0 heterocycles. The van der Waals surface area contributed by atoms with Crippen molar-refractivity contribution in [1.82, 2.24) is 0 Å². The number of benzene rings is 1. The van der Waals surface area contributed by atoms with Crippen LogP contribution in [-0.2, 0) is 6.42 Å². The van der Waals surface area contributed by atoms with E-state index in [1.807, 2.05) is 0 Å². The normalized spacial score (nSPS) is 11.1. The fourth-order valence-electron chi connectivity index (χ4n) is 2.06. The molecule has 106 valence electrons. The molecule has 0 aromatic heterocycles. The Morgan fingerprint density at radius 3 is 2.47 bits per heavy atom. The predicted octanol–water partition coefficient (Wildman–Crippen LogP) is 5.54. The van der Waals surface area contributed by atoms with Crippen LogP contribution in [0.2, 0.25) is 0 Å². The van der Waals surface area contributed by atoms with Crippen molar-refractivity contribution in [3.05, 3.63) is 42.0 Å². The van der Waals surface area contributed by atoms with E-state index in [0.29, 0.717) is 0 Å². The summed E-state index contributed by atoms with van der Waals surface area (Å²) in [6.45, 7) is 5.16. The van der Waals surface area contributed by atoms with Gasteiger partial charge in [-0.15, -0.1) is 0 Å². The van der Waals surface area contributed by atoms with E-state index in [0.717, 1.165) is 18.8 Å². The second kappa shape index (κ2) is 10.7. The van der Waals surface area contributed by atoms with Gasteiger partial charge in [0, 0.05) is 0 Å². The van der Waals surface area contributed by atoms with Crippen LogP contribution in [0.1, 0.15) is 57.9 Å². The molecule has 19 heavy (non-hydrogen) atoms. The number of rotatable bonds is 10. The average Bonchev–Trinajstić information content (AvgIpc) is 2.45. The van der Waals surface area contributed by atoms with Crippen LogP contribution < -0.4 is 4.74 Å². The molecule has 0 aliphatic carbocycles. The number of hydrogen-bond acceptors (Lipinski definition) is 1. The molecule has 1 nitrogen and oxygen atoms in total. The van der Waals surface area contributed by atoms with Crippen LogP contribution >= 0.6 is 0 Å². The first-order valence-electron chi connectivity index (χ1n) is 7.69. The lowest BCUT2D eigenvalue weighted by Gasteiger charge is -2.07. The van der Waals surface area contributed by atoms with E-state index >= 15 is 0 Å². The molecule has 0 N–H and O–H groups in total. The molecule has 0 bridgehead atoms.